The third-order valence-electron chi connectivity index (χ3n) is 1.95. The Kier molecular flexibility index (Phi) is 3.76. The first-order valence-electron chi connectivity index (χ1n) is 4.45. The molecule has 0 aliphatic carbocycles. The highest BCUT2D eigenvalue weighted by atomic mass is 19.3. The molecule has 1 aromatic carbocycles. The van der Waals surface area contributed by atoms with Gasteiger partial charge in [0.15, 0.2) is 0 Å². The van der Waals surface area contributed by atoms with Crippen LogP contribution in [0.4, 0.5) is 14.5 Å². The third-order valence-corrected chi connectivity index (χ3v) is 1.95. The molecule has 0 unspecified atom stereocenters. The number of rotatable bonds is 4. The lowest BCUT2D eigenvalue weighted by atomic mass is 10.0. The van der Waals surface area contributed by atoms with Crippen molar-refractivity contribution in [2.75, 3.05) is 0 Å². The Bertz CT molecular complexity index is 394. The molecular formula is C10H10F2NO3. The molecule has 0 aliphatic heterocycles. The average molecular weight is 230 g/mol. The predicted molar refractivity (Wildman–Crippen MR) is 53.4 cm³/mol. The zero-order valence-corrected chi connectivity index (χ0v) is 8.74. The summed E-state index contributed by atoms with van der Waals surface area (Å²) >= 11 is 0. The summed E-state index contributed by atoms with van der Waals surface area (Å²) in [5.74, 6) is 0.427. The Morgan fingerprint density at radius 3 is 2.50 bits per heavy atom. The van der Waals surface area contributed by atoms with Crippen LogP contribution in [0.15, 0.2) is 18.2 Å². The minimum Gasteiger partial charge on any atom is -0.427 e. The van der Waals surface area contributed by atoms with Crippen LogP contribution in [-0.4, -0.2) is 11.5 Å². The van der Waals surface area contributed by atoms with E-state index >= 15 is 0 Å². The monoisotopic (exact) mass is 230 g/mol. The fraction of sp³-hybridized carbons (Fsp3) is 0.300. The first-order chi connectivity index (χ1) is 7.41. The van der Waals surface area contributed by atoms with Gasteiger partial charge >= 0.3 is 12.3 Å². The number of ether oxygens (including phenoxy) is 1. The van der Waals surface area contributed by atoms with Crippen molar-refractivity contribution < 1.29 is 18.4 Å². The summed E-state index contributed by atoms with van der Waals surface area (Å²) in [5, 5.41) is 10.6. The van der Waals surface area contributed by atoms with Crippen molar-refractivity contribution in [2.45, 2.75) is 20.5 Å². The number of hydrogen-bond acceptors (Lipinski definition) is 3. The third kappa shape index (κ3) is 2.88. The van der Waals surface area contributed by atoms with Crippen LogP contribution in [0, 0.1) is 16.0 Å². The largest absolute Gasteiger partial charge is 0.427 e. The van der Waals surface area contributed by atoms with Crippen molar-refractivity contribution in [2.24, 2.45) is 0 Å². The van der Waals surface area contributed by atoms with E-state index in [-0.39, 0.29) is 0 Å². The van der Waals surface area contributed by atoms with Crippen molar-refractivity contribution in [3.8, 4) is 5.75 Å². The molecular weight excluding hydrogens is 220 g/mol. The molecule has 0 heterocycles. The van der Waals surface area contributed by atoms with Crippen LogP contribution in [0.2, 0.25) is 0 Å². The summed E-state index contributed by atoms with van der Waals surface area (Å²) in [6.45, 7) is 0.468. The van der Waals surface area contributed by atoms with Gasteiger partial charge < -0.3 is 4.74 Å². The molecule has 0 saturated carbocycles. The number of alkyl halides is 2. The summed E-state index contributed by atoms with van der Waals surface area (Å²) in [5.41, 5.74) is 0.160. The molecule has 4 nitrogen and oxygen atoms in total. The molecule has 0 aromatic heterocycles. The van der Waals surface area contributed by atoms with Gasteiger partial charge in [-0.05, 0) is 17.5 Å². The van der Waals surface area contributed by atoms with Gasteiger partial charge in [-0.1, -0.05) is 19.9 Å². The van der Waals surface area contributed by atoms with Crippen molar-refractivity contribution in [1.82, 2.24) is 0 Å². The van der Waals surface area contributed by atoms with Crippen molar-refractivity contribution in [3.05, 3.63) is 39.8 Å². The van der Waals surface area contributed by atoms with Crippen LogP contribution >= 0.6 is 0 Å². The van der Waals surface area contributed by atoms with Gasteiger partial charge in [-0.3, -0.25) is 10.1 Å². The van der Waals surface area contributed by atoms with Gasteiger partial charge in [0.05, 0.1) is 4.92 Å². The number of halogens is 2. The van der Waals surface area contributed by atoms with Crippen LogP contribution in [0.3, 0.4) is 0 Å². The van der Waals surface area contributed by atoms with E-state index in [2.05, 4.69) is 4.74 Å². The number of nitro benzene ring substituents is 1. The standard InChI is InChI=1S/C10H10F2NO3/c1-6(2)7-3-4-9(16-10(11)12)8(5-7)13(14)15/h3-5,10H,1-2H3. The van der Waals surface area contributed by atoms with Crippen molar-refractivity contribution in [3.63, 3.8) is 0 Å². The first kappa shape index (κ1) is 12.4. The van der Waals surface area contributed by atoms with E-state index < -0.39 is 23.0 Å². The van der Waals surface area contributed by atoms with Crippen LogP contribution in [0.25, 0.3) is 0 Å². The molecule has 0 amide bonds. The second-order valence-electron chi connectivity index (χ2n) is 3.32. The van der Waals surface area contributed by atoms with Crippen LogP contribution in [0.1, 0.15) is 19.4 Å². The Labute approximate surface area is 91.0 Å². The molecule has 0 bridgehead atoms. The maximum Gasteiger partial charge on any atom is 0.387 e. The number of nitrogens with zero attached hydrogens (tertiary/aromatic N) is 1. The fourth-order valence-electron chi connectivity index (χ4n) is 1.17. The molecule has 16 heavy (non-hydrogen) atoms. The molecule has 87 valence electrons. The second kappa shape index (κ2) is 4.87. The first-order valence-corrected chi connectivity index (χ1v) is 4.45. The minimum atomic E-state index is -3.07. The highest BCUT2D eigenvalue weighted by molar-refractivity contribution is 5.51. The summed E-state index contributed by atoms with van der Waals surface area (Å²) in [6, 6.07) is 3.89. The molecule has 0 fully saturated rings. The van der Waals surface area contributed by atoms with Crippen LogP contribution in [0.5, 0.6) is 5.75 Å². The number of nitro groups is 1. The maximum atomic E-state index is 12.0. The highest BCUT2D eigenvalue weighted by Gasteiger charge is 2.19. The van der Waals surface area contributed by atoms with E-state index in [4.69, 9.17) is 0 Å². The summed E-state index contributed by atoms with van der Waals surface area (Å²) in [4.78, 5) is 9.90. The summed E-state index contributed by atoms with van der Waals surface area (Å²) in [6.07, 6.45) is 0. The molecule has 0 saturated heterocycles. The lowest BCUT2D eigenvalue weighted by Gasteiger charge is -2.08. The highest BCUT2D eigenvalue weighted by Crippen LogP contribution is 2.31. The summed E-state index contributed by atoms with van der Waals surface area (Å²) < 4.78 is 28.0. The minimum absolute atomic E-state index is 0.426. The van der Waals surface area contributed by atoms with Gasteiger partial charge in [-0.25, -0.2) is 0 Å². The van der Waals surface area contributed by atoms with Crippen molar-refractivity contribution in [1.29, 1.82) is 0 Å². The zero-order chi connectivity index (χ0) is 12.3. The Morgan fingerprint density at radius 2 is 2.06 bits per heavy atom. The average Bonchev–Trinajstić information content (AvgIpc) is 2.16. The van der Waals surface area contributed by atoms with E-state index in [9.17, 15) is 18.9 Å². The van der Waals surface area contributed by atoms with Crippen molar-refractivity contribution >= 4 is 5.69 Å². The molecule has 1 radical (unpaired) electrons. The van der Waals surface area contributed by atoms with E-state index in [1.54, 1.807) is 13.8 Å². The SMILES string of the molecule is C[C](C)c1ccc(OC(F)F)c([N+](=O)[O-])c1. The maximum absolute atomic E-state index is 12.0. The van der Waals surface area contributed by atoms with E-state index in [0.717, 1.165) is 5.92 Å². The number of benzene rings is 1. The summed E-state index contributed by atoms with van der Waals surface area (Å²) in [7, 11) is 0. The van der Waals surface area contributed by atoms with E-state index in [0.29, 0.717) is 5.56 Å². The molecule has 1 rings (SSSR count). The van der Waals surface area contributed by atoms with E-state index in [1.165, 1.54) is 18.2 Å². The van der Waals surface area contributed by atoms with Gasteiger partial charge in [0, 0.05) is 6.07 Å². The topological polar surface area (TPSA) is 52.4 Å². The van der Waals surface area contributed by atoms with Gasteiger partial charge in [0.1, 0.15) is 0 Å². The Hall–Kier alpha value is -1.72. The van der Waals surface area contributed by atoms with Gasteiger partial charge in [0.2, 0.25) is 5.75 Å². The van der Waals surface area contributed by atoms with Crippen LogP contribution < -0.4 is 4.74 Å². The second-order valence-corrected chi connectivity index (χ2v) is 3.32. The van der Waals surface area contributed by atoms with Gasteiger partial charge in [-0.15, -0.1) is 0 Å². The van der Waals surface area contributed by atoms with Gasteiger partial charge in [0.25, 0.3) is 0 Å². The normalized spacial score (nSPS) is 10.9. The lowest BCUT2D eigenvalue weighted by molar-refractivity contribution is -0.386. The molecule has 0 spiro atoms. The molecule has 0 aliphatic rings. The Balaban J connectivity index is 3.14. The zero-order valence-electron chi connectivity index (χ0n) is 8.74. The van der Waals surface area contributed by atoms with Gasteiger partial charge in [-0.2, -0.15) is 8.78 Å². The molecule has 6 heteroatoms. The fourth-order valence-corrected chi connectivity index (χ4v) is 1.17. The molecule has 1 aromatic rings. The Morgan fingerprint density at radius 1 is 1.44 bits per heavy atom. The lowest BCUT2D eigenvalue weighted by Crippen LogP contribution is -2.05. The molecule has 0 atom stereocenters. The predicted octanol–water partition coefficient (Wildman–Crippen LogP) is 3.16. The van der Waals surface area contributed by atoms with Crippen LogP contribution in [-0.2, 0) is 0 Å². The van der Waals surface area contributed by atoms with E-state index in [1.807, 2.05) is 0 Å². The molecule has 0 N–H and O–H groups in total. The smallest absolute Gasteiger partial charge is 0.387 e. The quantitative estimate of drug-likeness (QED) is 0.589. The number of hydrogen-bond donors (Lipinski definition) is 0.